The molecule has 0 saturated heterocycles. The minimum absolute atomic E-state index is 0.0469. The van der Waals surface area contributed by atoms with Gasteiger partial charge in [-0.15, -0.1) is 0 Å². The van der Waals surface area contributed by atoms with Gasteiger partial charge < -0.3 is 9.88 Å². The molecule has 192 valence electrons. The molecule has 0 saturated carbocycles. The minimum atomic E-state index is -4.01. The fourth-order valence-electron chi connectivity index (χ4n) is 4.18. The predicted molar refractivity (Wildman–Crippen MR) is 152 cm³/mol. The number of para-hydroxylation sites is 1. The molecule has 5 rings (SSSR count). The molecule has 7 nitrogen and oxygen atoms in total. The molecule has 1 amide bonds. The Morgan fingerprint density at radius 3 is 2.34 bits per heavy atom. The van der Waals surface area contributed by atoms with Crippen molar-refractivity contribution in [3.8, 4) is 0 Å². The lowest BCUT2D eigenvalue weighted by Gasteiger charge is -2.26. The lowest BCUT2D eigenvalue weighted by molar-refractivity contribution is 0.102. The summed E-state index contributed by atoms with van der Waals surface area (Å²) in [6.07, 6.45) is 0. The first-order valence-electron chi connectivity index (χ1n) is 11.9. The van der Waals surface area contributed by atoms with E-state index in [1.807, 2.05) is 37.3 Å². The third-order valence-electron chi connectivity index (χ3n) is 6.25. The molecular weight excluding hydrogens is 518 g/mol. The van der Waals surface area contributed by atoms with Gasteiger partial charge in [-0.25, -0.2) is 8.42 Å². The van der Waals surface area contributed by atoms with Gasteiger partial charge in [-0.2, -0.15) is 0 Å². The van der Waals surface area contributed by atoms with Gasteiger partial charge in [-0.3, -0.25) is 13.9 Å². The van der Waals surface area contributed by atoms with Crippen molar-refractivity contribution in [3.63, 3.8) is 0 Å². The van der Waals surface area contributed by atoms with E-state index in [1.54, 1.807) is 78.3 Å². The van der Waals surface area contributed by atoms with Crippen molar-refractivity contribution in [2.24, 2.45) is 7.05 Å². The van der Waals surface area contributed by atoms with Crippen LogP contribution < -0.4 is 14.5 Å². The summed E-state index contributed by atoms with van der Waals surface area (Å²) in [6, 6.07) is 27.8. The maximum Gasteiger partial charge on any atom is 0.307 e. The SMILES string of the molecule is Cc1ccc(S(=O)(=O)N(Cc2ccccc2)c2ccccc2C(=O)Nc2ccc3c(c2)sc(=O)n3C)cc1. The van der Waals surface area contributed by atoms with Crippen molar-refractivity contribution in [3.05, 3.63) is 123 Å². The van der Waals surface area contributed by atoms with Crippen molar-refractivity contribution in [1.29, 1.82) is 0 Å². The number of aryl methyl sites for hydroxylation is 2. The van der Waals surface area contributed by atoms with Crippen molar-refractivity contribution in [1.82, 2.24) is 4.57 Å². The summed E-state index contributed by atoms with van der Waals surface area (Å²) in [4.78, 5) is 25.6. The van der Waals surface area contributed by atoms with Crippen LogP contribution in [0.4, 0.5) is 11.4 Å². The van der Waals surface area contributed by atoms with Gasteiger partial charge in [-0.1, -0.05) is 71.5 Å². The number of benzene rings is 4. The average Bonchev–Trinajstić information content (AvgIpc) is 3.20. The van der Waals surface area contributed by atoms with Crippen molar-refractivity contribution < 1.29 is 13.2 Å². The molecule has 0 aliphatic heterocycles. The van der Waals surface area contributed by atoms with Crippen LogP contribution in [-0.4, -0.2) is 18.9 Å². The van der Waals surface area contributed by atoms with Crippen LogP contribution in [0.3, 0.4) is 0 Å². The number of hydrogen-bond acceptors (Lipinski definition) is 5. The number of fused-ring (bicyclic) bond motifs is 1. The van der Waals surface area contributed by atoms with Gasteiger partial charge in [0.25, 0.3) is 15.9 Å². The Morgan fingerprint density at radius 2 is 1.61 bits per heavy atom. The fraction of sp³-hybridized carbons (Fsp3) is 0.103. The Bertz CT molecular complexity index is 1790. The molecule has 1 heterocycles. The summed E-state index contributed by atoms with van der Waals surface area (Å²) in [5.41, 5.74) is 3.48. The molecule has 0 atom stereocenters. The first-order chi connectivity index (χ1) is 18.2. The van der Waals surface area contributed by atoms with E-state index in [0.717, 1.165) is 32.7 Å². The molecule has 9 heteroatoms. The molecule has 1 N–H and O–H groups in total. The van der Waals surface area contributed by atoms with E-state index in [9.17, 15) is 18.0 Å². The van der Waals surface area contributed by atoms with Gasteiger partial charge in [0.1, 0.15) is 0 Å². The molecule has 0 aliphatic carbocycles. The summed E-state index contributed by atoms with van der Waals surface area (Å²) >= 11 is 1.10. The Hall–Kier alpha value is -4.21. The summed E-state index contributed by atoms with van der Waals surface area (Å²) in [6.45, 7) is 1.94. The zero-order valence-corrected chi connectivity index (χ0v) is 22.4. The van der Waals surface area contributed by atoms with Crippen LogP contribution in [-0.2, 0) is 23.6 Å². The normalized spacial score (nSPS) is 11.4. The fourth-order valence-corrected chi connectivity index (χ4v) is 6.57. The molecule has 0 radical (unpaired) electrons. The summed E-state index contributed by atoms with van der Waals surface area (Å²) in [7, 11) is -2.31. The molecule has 5 aromatic rings. The second-order valence-corrected chi connectivity index (χ2v) is 11.7. The summed E-state index contributed by atoms with van der Waals surface area (Å²) < 4.78 is 31.4. The Balaban J connectivity index is 1.55. The number of aromatic nitrogens is 1. The molecule has 0 fully saturated rings. The van der Waals surface area contributed by atoms with Crippen LogP contribution in [0.2, 0.25) is 0 Å². The zero-order chi connectivity index (χ0) is 26.9. The highest BCUT2D eigenvalue weighted by Crippen LogP contribution is 2.30. The Morgan fingerprint density at radius 1 is 0.921 bits per heavy atom. The number of thiazole rings is 1. The van der Waals surface area contributed by atoms with Gasteiger partial charge in [0.05, 0.1) is 32.9 Å². The van der Waals surface area contributed by atoms with Crippen LogP contribution in [0.5, 0.6) is 0 Å². The molecule has 0 spiro atoms. The van der Waals surface area contributed by atoms with E-state index in [4.69, 9.17) is 0 Å². The second kappa shape index (κ2) is 10.3. The van der Waals surface area contributed by atoms with Gasteiger partial charge in [0.2, 0.25) is 0 Å². The highest BCUT2D eigenvalue weighted by atomic mass is 32.2. The lowest BCUT2D eigenvalue weighted by Crippen LogP contribution is -2.32. The Kier molecular flexibility index (Phi) is 6.88. The Labute approximate surface area is 224 Å². The van der Waals surface area contributed by atoms with Crippen molar-refractivity contribution >= 4 is 48.9 Å². The van der Waals surface area contributed by atoms with Crippen LogP contribution in [0.1, 0.15) is 21.5 Å². The van der Waals surface area contributed by atoms with E-state index in [-0.39, 0.29) is 27.6 Å². The van der Waals surface area contributed by atoms with Gasteiger partial charge >= 0.3 is 4.87 Å². The first-order valence-corrected chi connectivity index (χ1v) is 14.1. The lowest BCUT2D eigenvalue weighted by atomic mass is 10.1. The molecule has 0 bridgehead atoms. The summed E-state index contributed by atoms with van der Waals surface area (Å²) in [5, 5.41) is 2.87. The van der Waals surface area contributed by atoms with Crippen LogP contribution in [0.25, 0.3) is 10.2 Å². The van der Waals surface area contributed by atoms with Crippen molar-refractivity contribution in [2.45, 2.75) is 18.4 Å². The molecular formula is C29H25N3O4S2. The molecule has 38 heavy (non-hydrogen) atoms. The highest BCUT2D eigenvalue weighted by Gasteiger charge is 2.28. The quantitative estimate of drug-likeness (QED) is 0.291. The molecule has 0 unspecified atom stereocenters. The number of nitrogens with one attached hydrogen (secondary N) is 1. The van der Waals surface area contributed by atoms with E-state index in [2.05, 4.69) is 5.32 Å². The largest absolute Gasteiger partial charge is 0.322 e. The standard InChI is InChI=1S/C29H25N3O4S2/c1-20-12-15-23(16-13-20)38(35,36)32(19-21-8-4-3-5-9-21)25-11-7-6-10-24(25)28(33)30-22-14-17-26-27(18-22)37-29(34)31(26)2/h3-18H,19H2,1-2H3,(H,30,33). The first kappa shape index (κ1) is 25.4. The maximum absolute atomic E-state index is 13.9. The third-order valence-corrected chi connectivity index (χ3v) is 9.01. The second-order valence-electron chi connectivity index (χ2n) is 8.89. The smallest absolute Gasteiger partial charge is 0.307 e. The van der Waals surface area contributed by atoms with E-state index < -0.39 is 15.9 Å². The van der Waals surface area contributed by atoms with E-state index in [1.165, 1.54) is 4.31 Å². The van der Waals surface area contributed by atoms with E-state index in [0.29, 0.717) is 5.69 Å². The number of nitrogens with zero attached hydrogens (tertiary/aromatic N) is 2. The van der Waals surface area contributed by atoms with Gasteiger partial charge in [-0.05, 0) is 55.0 Å². The number of carbonyl (C=O) groups is 1. The number of carbonyl (C=O) groups excluding carboxylic acids is 1. The number of rotatable bonds is 7. The minimum Gasteiger partial charge on any atom is -0.322 e. The zero-order valence-electron chi connectivity index (χ0n) is 20.8. The van der Waals surface area contributed by atoms with Crippen molar-refractivity contribution in [2.75, 3.05) is 9.62 Å². The third kappa shape index (κ3) is 4.98. The van der Waals surface area contributed by atoms with Gasteiger partial charge in [0.15, 0.2) is 0 Å². The average molecular weight is 544 g/mol. The highest BCUT2D eigenvalue weighted by molar-refractivity contribution is 7.92. The molecule has 0 aliphatic rings. The molecule has 4 aromatic carbocycles. The monoisotopic (exact) mass is 543 g/mol. The van der Waals surface area contributed by atoms with Gasteiger partial charge in [0, 0.05) is 12.7 Å². The predicted octanol–water partition coefficient (Wildman–Crippen LogP) is 5.56. The maximum atomic E-state index is 13.9. The number of amides is 1. The number of hydrogen-bond donors (Lipinski definition) is 1. The topological polar surface area (TPSA) is 88.5 Å². The number of anilines is 2. The number of sulfonamides is 1. The van der Waals surface area contributed by atoms with Crippen LogP contribution >= 0.6 is 11.3 Å². The summed E-state index contributed by atoms with van der Waals surface area (Å²) in [5.74, 6) is -0.458. The van der Waals surface area contributed by atoms with Crippen LogP contribution in [0, 0.1) is 6.92 Å². The molecule has 1 aromatic heterocycles. The van der Waals surface area contributed by atoms with E-state index >= 15 is 0 Å². The van der Waals surface area contributed by atoms with Crippen LogP contribution in [0.15, 0.2) is 107 Å².